The van der Waals surface area contributed by atoms with Gasteiger partial charge in [0.1, 0.15) is 6.04 Å². The Labute approximate surface area is 140 Å². The molecule has 0 saturated carbocycles. The molecule has 8 heteroatoms. The second-order valence-electron chi connectivity index (χ2n) is 5.97. The van der Waals surface area contributed by atoms with Crippen LogP contribution in [0.15, 0.2) is 10.6 Å². The molecule has 0 aliphatic carbocycles. The molecule has 1 aliphatic rings. The average molecular weight is 333 g/mol. The van der Waals surface area contributed by atoms with E-state index in [9.17, 15) is 4.79 Å². The monoisotopic (exact) mass is 333 g/mol. The van der Waals surface area contributed by atoms with E-state index in [0.29, 0.717) is 37.1 Å². The predicted octanol–water partition coefficient (Wildman–Crippen LogP) is 1.90. The van der Waals surface area contributed by atoms with Gasteiger partial charge < -0.3 is 14.1 Å². The van der Waals surface area contributed by atoms with Gasteiger partial charge in [-0.2, -0.15) is 5.10 Å². The Morgan fingerprint density at radius 1 is 1.38 bits per heavy atom. The zero-order chi connectivity index (χ0) is 17.1. The lowest BCUT2D eigenvalue weighted by molar-refractivity contribution is -0.0107. The molecule has 3 rings (SSSR count). The Bertz CT molecular complexity index is 708. The van der Waals surface area contributed by atoms with Crippen LogP contribution in [0.25, 0.3) is 0 Å². The molecule has 2 aromatic rings. The lowest BCUT2D eigenvalue weighted by atomic mass is 10.1. The number of carbonyl (C=O) groups is 1. The number of aromatic nitrogens is 4. The molecule has 3 heterocycles. The minimum atomic E-state index is -0.356. The molecule has 1 atom stereocenters. The standard InChI is InChI=1S/C16H23N5O3/c1-4-5-6-21-11(2)13(9-17-21)16(22)20-7-8-23-10-14(20)15-19-18-12(3)24-15/h9,14H,4-8,10H2,1-3H3/t14-/m0/s1. The fraction of sp³-hybridized carbons (Fsp3) is 0.625. The van der Waals surface area contributed by atoms with E-state index in [1.165, 1.54) is 0 Å². The number of hydrogen-bond donors (Lipinski definition) is 0. The summed E-state index contributed by atoms with van der Waals surface area (Å²) in [6, 6.07) is -0.356. The van der Waals surface area contributed by atoms with Crippen LogP contribution >= 0.6 is 0 Å². The van der Waals surface area contributed by atoms with E-state index in [-0.39, 0.29) is 11.9 Å². The molecular formula is C16H23N5O3. The van der Waals surface area contributed by atoms with E-state index in [4.69, 9.17) is 9.15 Å². The molecular weight excluding hydrogens is 310 g/mol. The van der Waals surface area contributed by atoms with Gasteiger partial charge in [-0.05, 0) is 13.3 Å². The van der Waals surface area contributed by atoms with Crippen molar-refractivity contribution < 1.29 is 13.9 Å². The quantitative estimate of drug-likeness (QED) is 0.830. The van der Waals surface area contributed by atoms with Gasteiger partial charge in [0.2, 0.25) is 11.8 Å². The van der Waals surface area contributed by atoms with Crippen LogP contribution in [0.2, 0.25) is 0 Å². The number of hydrogen-bond acceptors (Lipinski definition) is 6. The maximum absolute atomic E-state index is 13.0. The number of carbonyl (C=O) groups excluding carboxylic acids is 1. The van der Waals surface area contributed by atoms with Crippen LogP contribution in [0.1, 0.15) is 53.6 Å². The molecule has 2 aromatic heterocycles. The van der Waals surface area contributed by atoms with E-state index in [0.717, 1.165) is 25.1 Å². The zero-order valence-electron chi connectivity index (χ0n) is 14.4. The molecule has 0 bridgehead atoms. The van der Waals surface area contributed by atoms with E-state index in [1.54, 1.807) is 18.0 Å². The van der Waals surface area contributed by atoms with Gasteiger partial charge in [0.25, 0.3) is 5.91 Å². The molecule has 1 fully saturated rings. The molecule has 8 nitrogen and oxygen atoms in total. The molecule has 24 heavy (non-hydrogen) atoms. The highest BCUT2D eigenvalue weighted by Crippen LogP contribution is 2.26. The highest BCUT2D eigenvalue weighted by Gasteiger charge is 2.34. The summed E-state index contributed by atoms with van der Waals surface area (Å²) in [4.78, 5) is 14.8. The van der Waals surface area contributed by atoms with Crippen molar-refractivity contribution in [2.75, 3.05) is 19.8 Å². The Balaban J connectivity index is 1.83. The summed E-state index contributed by atoms with van der Waals surface area (Å²) in [6.45, 7) is 7.97. The van der Waals surface area contributed by atoms with E-state index >= 15 is 0 Å². The SMILES string of the molecule is CCCCn1ncc(C(=O)N2CCOC[C@H]2c2nnc(C)o2)c1C. The van der Waals surface area contributed by atoms with Gasteiger partial charge in [0.15, 0.2) is 0 Å². The molecule has 1 amide bonds. The largest absolute Gasteiger partial charge is 0.423 e. The van der Waals surface area contributed by atoms with E-state index in [2.05, 4.69) is 22.2 Å². The van der Waals surface area contributed by atoms with Gasteiger partial charge in [-0.1, -0.05) is 13.3 Å². The number of ether oxygens (including phenoxy) is 1. The Morgan fingerprint density at radius 3 is 2.92 bits per heavy atom. The van der Waals surface area contributed by atoms with Crippen molar-refractivity contribution in [3.63, 3.8) is 0 Å². The first-order valence-corrected chi connectivity index (χ1v) is 8.33. The third kappa shape index (κ3) is 3.19. The summed E-state index contributed by atoms with van der Waals surface area (Å²) in [7, 11) is 0. The molecule has 0 aromatic carbocycles. The lowest BCUT2D eigenvalue weighted by Gasteiger charge is -2.33. The van der Waals surface area contributed by atoms with Gasteiger partial charge in [0.05, 0.1) is 25.0 Å². The summed E-state index contributed by atoms with van der Waals surface area (Å²) >= 11 is 0. The lowest BCUT2D eigenvalue weighted by Crippen LogP contribution is -2.43. The summed E-state index contributed by atoms with van der Waals surface area (Å²) in [5.41, 5.74) is 1.51. The van der Waals surface area contributed by atoms with Crippen molar-refractivity contribution >= 4 is 5.91 Å². The number of nitrogens with zero attached hydrogens (tertiary/aromatic N) is 5. The van der Waals surface area contributed by atoms with Crippen molar-refractivity contribution in [1.82, 2.24) is 24.9 Å². The minimum absolute atomic E-state index is 0.0700. The summed E-state index contributed by atoms with van der Waals surface area (Å²) in [5, 5.41) is 12.3. The first-order valence-electron chi connectivity index (χ1n) is 8.33. The van der Waals surface area contributed by atoms with Crippen LogP contribution in [0, 0.1) is 13.8 Å². The normalized spacial score (nSPS) is 18.1. The Kier molecular flexibility index (Phi) is 4.94. The number of morpholine rings is 1. The third-order valence-corrected chi connectivity index (χ3v) is 4.27. The number of rotatable bonds is 5. The second kappa shape index (κ2) is 7.12. The number of unbranched alkanes of at least 4 members (excludes halogenated alkanes) is 1. The van der Waals surface area contributed by atoms with Crippen molar-refractivity contribution in [3.8, 4) is 0 Å². The molecule has 1 aliphatic heterocycles. The van der Waals surface area contributed by atoms with Gasteiger partial charge >= 0.3 is 0 Å². The topological polar surface area (TPSA) is 86.3 Å². The second-order valence-corrected chi connectivity index (χ2v) is 5.97. The maximum Gasteiger partial charge on any atom is 0.258 e. The minimum Gasteiger partial charge on any atom is -0.423 e. The van der Waals surface area contributed by atoms with E-state index < -0.39 is 0 Å². The highest BCUT2D eigenvalue weighted by atomic mass is 16.5. The summed E-state index contributed by atoms with van der Waals surface area (Å²) < 4.78 is 12.9. The first kappa shape index (κ1) is 16.6. The number of aryl methyl sites for hydroxylation is 2. The van der Waals surface area contributed by atoms with Crippen molar-refractivity contribution in [1.29, 1.82) is 0 Å². The molecule has 0 spiro atoms. The van der Waals surface area contributed by atoms with Crippen LogP contribution < -0.4 is 0 Å². The van der Waals surface area contributed by atoms with Crippen LogP contribution in [0.5, 0.6) is 0 Å². The first-order chi connectivity index (χ1) is 11.6. The van der Waals surface area contributed by atoms with Crippen molar-refractivity contribution in [2.45, 2.75) is 46.2 Å². The van der Waals surface area contributed by atoms with Crippen LogP contribution in [-0.2, 0) is 11.3 Å². The Morgan fingerprint density at radius 2 is 2.21 bits per heavy atom. The number of amides is 1. The van der Waals surface area contributed by atoms with Crippen LogP contribution in [0.3, 0.4) is 0 Å². The molecule has 0 N–H and O–H groups in total. The van der Waals surface area contributed by atoms with E-state index in [1.807, 2.05) is 11.6 Å². The van der Waals surface area contributed by atoms with Gasteiger partial charge in [-0.25, -0.2) is 0 Å². The van der Waals surface area contributed by atoms with Crippen molar-refractivity contribution in [3.05, 3.63) is 29.2 Å². The van der Waals surface area contributed by atoms with Gasteiger partial charge in [0, 0.05) is 25.7 Å². The zero-order valence-corrected chi connectivity index (χ0v) is 14.4. The fourth-order valence-electron chi connectivity index (χ4n) is 2.84. The highest BCUT2D eigenvalue weighted by molar-refractivity contribution is 5.95. The smallest absolute Gasteiger partial charge is 0.258 e. The molecule has 0 unspecified atom stereocenters. The fourth-order valence-corrected chi connectivity index (χ4v) is 2.84. The van der Waals surface area contributed by atoms with Crippen LogP contribution in [0.4, 0.5) is 0 Å². The van der Waals surface area contributed by atoms with Crippen molar-refractivity contribution in [2.24, 2.45) is 0 Å². The summed E-state index contributed by atoms with van der Waals surface area (Å²) in [5.74, 6) is 0.822. The van der Waals surface area contributed by atoms with Crippen LogP contribution in [-0.4, -0.2) is 50.5 Å². The average Bonchev–Trinajstić information content (AvgIpc) is 3.18. The predicted molar refractivity (Wildman–Crippen MR) is 85.5 cm³/mol. The maximum atomic E-state index is 13.0. The summed E-state index contributed by atoms with van der Waals surface area (Å²) in [6.07, 6.45) is 3.78. The third-order valence-electron chi connectivity index (χ3n) is 4.27. The molecule has 1 saturated heterocycles. The molecule has 0 radical (unpaired) electrons. The molecule has 130 valence electrons. The Hall–Kier alpha value is -2.22. The van der Waals surface area contributed by atoms with Gasteiger partial charge in [-0.15, -0.1) is 10.2 Å². The van der Waals surface area contributed by atoms with Gasteiger partial charge in [-0.3, -0.25) is 9.48 Å².